The second-order valence-electron chi connectivity index (χ2n) is 10.8. The Hall–Kier alpha value is -3.08. The van der Waals surface area contributed by atoms with Crippen LogP contribution in [0.1, 0.15) is 19.4 Å². The van der Waals surface area contributed by atoms with E-state index < -0.39 is 24.0 Å². The van der Waals surface area contributed by atoms with E-state index in [9.17, 15) is 19.8 Å². The Morgan fingerprint density at radius 1 is 1.24 bits per heavy atom. The minimum atomic E-state index is -1.40. The van der Waals surface area contributed by atoms with Crippen LogP contribution in [0, 0.1) is 17.2 Å². The van der Waals surface area contributed by atoms with Crippen LogP contribution in [0.25, 0.3) is 10.8 Å². The highest BCUT2D eigenvalue weighted by Crippen LogP contribution is 2.47. The maximum atomic E-state index is 12.6. The average molecular weight is 541 g/mol. The molecule has 1 amide bonds. The van der Waals surface area contributed by atoms with Crippen molar-refractivity contribution in [3.8, 4) is 5.75 Å². The number of amidine groups is 1. The summed E-state index contributed by atoms with van der Waals surface area (Å²) >= 11 is 1.36. The minimum Gasteiger partial charge on any atom is -0.543 e. The molecule has 9 nitrogen and oxygen atoms in total. The van der Waals surface area contributed by atoms with Gasteiger partial charge in [-0.25, -0.2) is 0 Å². The molecular formula is C28H36N4O5S. The second-order valence-corrected chi connectivity index (χ2v) is 12.0. The van der Waals surface area contributed by atoms with Crippen LogP contribution in [0.2, 0.25) is 0 Å². The van der Waals surface area contributed by atoms with Gasteiger partial charge in [-0.3, -0.25) is 10.2 Å². The first kappa shape index (κ1) is 27.9. The number of aliphatic hydroxyl groups is 1. The number of nitrogens with one attached hydrogen (secondary N) is 1. The number of β-lactam (4-membered cyclic amide) rings is 1. The first-order chi connectivity index (χ1) is 17.9. The molecule has 2 aromatic carbocycles. The van der Waals surface area contributed by atoms with E-state index in [1.54, 1.807) is 6.92 Å². The first-order valence-electron chi connectivity index (χ1n) is 12.8. The number of nitrogens with zero attached hydrogens (tertiary/aromatic N) is 2. The summed E-state index contributed by atoms with van der Waals surface area (Å²) in [7, 11) is 4.34. The van der Waals surface area contributed by atoms with Gasteiger partial charge in [-0.1, -0.05) is 49.0 Å². The van der Waals surface area contributed by atoms with Crippen LogP contribution in [-0.4, -0.2) is 83.2 Å². The molecule has 2 heterocycles. The van der Waals surface area contributed by atoms with Crippen LogP contribution >= 0.6 is 11.8 Å². The Labute approximate surface area is 227 Å². The normalized spacial score (nSPS) is 21.9. The predicted molar refractivity (Wildman–Crippen MR) is 146 cm³/mol. The van der Waals surface area contributed by atoms with Crippen molar-refractivity contribution in [2.75, 3.05) is 39.5 Å². The van der Waals surface area contributed by atoms with Gasteiger partial charge in [0, 0.05) is 17.7 Å². The summed E-state index contributed by atoms with van der Waals surface area (Å²) < 4.78 is 7.00. The molecule has 2 aromatic rings. The Kier molecular flexibility index (Phi) is 8.06. The van der Waals surface area contributed by atoms with E-state index in [1.165, 1.54) is 22.2 Å². The lowest BCUT2D eigenvalue weighted by atomic mass is 9.78. The molecule has 1 saturated heterocycles. The average Bonchev–Trinajstić information content (AvgIpc) is 3.08. The molecule has 0 aromatic heterocycles. The fraction of sp³-hybridized carbons (Fsp3) is 0.464. The van der Waals surface area contributed by atoms with Crippen molar-refractivity contribution in [2.45, 2.75) is 32.4 Å². The monoisotopic (exact) mass is 540 g/mol. The van der Waals surface area contributed by atoms with Crippen molar-refractivity contribution in [3.05, 3.63) is 53.2 Å². The van der Waals surface area contributed by atoms with Gasteiger partial charge in [-0.15, -0.1) is 0 Å². The zero-order chi connectivity index (χ0) is 27.8. The lowest BCUT2D eigenvalue weighted by Crippen LogP contribution is -2.64. The van der Waals surface area contributed by atoms with Gasteiger partial charge in [0.15, 0.2) is 5.17 Å². The number of aliphatic carboxylic acids is 1. The number of thioether (sulfide) groups is 1. The van der Waals surface area contributed by atoms with E-state index in [0.717, 1.165) is 40.5 Å². The molecule has 10 heteroatoms. The number of nitrogens with two attached hydrogens (primary N) is 1. The summed E-state index contributed by atoms with van der Waals surface area (Å²) in [5.41, 5.74) is 7.03. The van der Waals surface area contributed by atoms with E-state index in [4.69, 9.17) is 15.9 Å². The van der Waals surface area contributed by atoms with Gasteiger partial charge in [0.2, 0.25) is 5.91 Å². The number of hydrogen-bond donors (Lipinski definition) is 3. The summed E-state index contributed by atoms with van der Waals surface area (Å²) in [6.45, 7) is 5.24. The number of amides is 1. The van der Waals surface area contributed by atoms with Gasteiger partial charge in [0.05, 0.1) is 62.7 Å². The summed E-state index contributed by atoms with van der Waals surface area (Å²) in [4.78, 5) is 25.8. The van der Waals surface area contributed by atoms with E-state index in [-0.39, 0.29) is 29.3 Å². The fourth-order valence-electron chi connectivity index (χ4n) is 5.61. The molecule has 1 fully saturated rings. The van der Waals surface area contributed by atoms with Gasteiger partial charge in [0.1, 0.15) is 12.4 Å². The highest BCUT2D eigenvalue weighted by molar-refractivity contribution is 8.13. The van der Waals surface area contributed by atoms with E-state index in [0.29, 0.717) is 11.3 Å². The van der Waals surface area contributed by atoms with Gasteiger partial charge < -0.3 is 34.9 Å². The number of likely N-dealkylation sites (N-methyl/N-ethyl adjacent to an activating group) is 1. The number of carboxylic acid groups (broad SMARTS) is 1. The van der Waals surface area contributed by atoms with Gasteiger partial charge >= 0.3 is 0 Å². The quantitative estimate of drug-likeness (QED) is 0.169. The van der Waals surface area contributed by atoms with Crippen LogP contribution in [0.3, 0.4) is 0 Å². The molecule has 204 valence electrons. The number of ether oxygens (including phenoxy) is 1. The van der Waals surface area contributed by atoms with Gasteiger partial charge in [0.25, 0.3) is 0 Å². The van der Waals surface area contributed by atoms with E-state index >= 15 is 0 Å². The summed E-state index contributed by atoms with van der Waals surface area (Å²) in [5.74, 6) is -1.26. The lowest BCUT2D eigenvalue weighted by Gasteiger charge is -2.47. The van der Waals surface area contributed by atoms with Crippen LogP contribution in [0.15, 0.2) is 47.7 Å². The van der Waals surface area contributed by atoms with Crippen LogP contribution in [0.4, 0.5) is 0 Å². The maximum Gasteiger partial charge on any atom is 0.235 e. The summed E-state index contributed by atoms with van der Waals surface area (Å²) in [6, 6.07) is 11.6. The third-order valence-electron chi connectivity index (χ3n) is 7.80. The number of carbonyl (C=O) groups excluding carboxylic acids is 2. The smallest absolute Gasteiger partial charge is 0.235 e. The zero-order valence-corrected chi connectivity index (χ0v) is 23.1. The first-order valence-corrected chi connectivity index (χ1v) is 13.8. The number of benzene rings is 2. The van der Waals surface area contributed by atoms with Crippen molar-refractivity contribution >= 4 is 39.6 Å². The molecule has 0 radical (unpaired) electrons. The molecule has 2 aliphatic rings. The molecule has 38 heavy (non-hydrogen) atoms. The molecule has 0 unspecified atom stereocenters. The molecule has 0 saturated carbocycles. The molecular weight excluding hydrogens is 504 g/mol. The Balaban J connectivity index is 1.52. The van der Waals surface area contributed by atoms with Crippen LogP contribution in [-0.2, 0) is 16.0 Å². The molecule has 4 atom stereocenters. The van der Waals surface area contributed by atoms with Crippen molar-refractivity contribution in [1.29, 1.82) is 5.41 Å². The van der Waals surface area contributed by atoms with Crippen molar-refractivity contribution in [3.63, 3.8) is 0 Å². The van der Waals surface area contributed by atoms with Crippen molar-refractivity contribution in [2.24, 2.45) is 17.6 Å². The molecule has 2 aliphatic heterocycles. The molecule has 4 rings (SSSR count). The number of aliphatic hydroxyl groups excluding tert-OH is 1. The van der Waals surface area contributed by atoms with E-state index in [1.807, 2.05) is 31.2 Å². The minimum absolute atomic E-state index is 0.0123. The maximum absolute atomic E-state index is 12.6. The number of rotatable bonds is 11. The highest BCUT2D eigenvalue weighted by atomic mass is 32.2. The molecule has 0 bridgehead atoms. The van der Waals surface area contributed by atoms with Crippen molar-refractivity contribution in [1.82, 2.24) is 4.90 Å². The van der Waals surface area contributed by atoms with Crippen LogP contribution in [0.5, 0.6) is 5.75 Å². The molecule has 0 spiro atoms. The Bertz CT molecular complexity index is 1290. The topological polar surface area (TPSA) is 140 Å². The largest absolute Gasteiger partial charge is 0.543 e. The number of quaternary nitrogens is 1. The Morgan fingerprint density at radius 2 is 1.92 bits per heavy atom. The summed E-state index contributed by atoms with van der Waals surface area (Å²) in [6.07, 6.45) is -0.00266. The third kappa shape index (κ3) is 5.39. The van der Waals surface area contributed by atoms with Gasteiger partial charge in [-0.05, 0) is 29.5 Å². The molecule has 0 aliphatic carbocycles. The van der Waals surface area contributed by atoms with E-state index in [2.05, 4.69) is 26.2 Å². The lowest BCUT2D eigenvalue weighted by molar-refractivity contribution is -0.887. The third-order valence-corrected chi connectivity index (χ3v) is 8.50. The SMILES string of the molecule is C[C@@H](O)[C@H]1C(=O)N2C(C(=O)[O-])=C(COc3cccc4c(CC[N+](C)(C)CCSC(=N)N)cccc34)[C@H](C)[C@H]12. The van der Waals surface area contributed by atoms with Gasteiger partial charge in [-0.2, -0.15) is 0 Å². The zero-order valence-electron chi connectivity index (χ0n) is 22.3. The van der Waals surface area contributed by atoms with Crippen LogP contribution < -0.4 is 15.6 Å². The predicted octanol–water partition coefficient (Wildman–Crippen LogP) is 1.33. The second kappa shape index (κ2) is 11.0. The number of fused-ring (bicyclic) bond motifs is 2. The molecule has 4 N–H and O–H groups in total. The summed E-state index contributed by atoms with van der Waals surface area (Å²) in [5, 5.41) is 31.6. The Morgan fingerprint density at radius 3 is 2.58 bits per heavy atom. The highest BCUT2D eigenvalue weighted by Gasteiger charge is 2.58. The van der Waals surface area contributed by atoms with Crippen molar-refractivity contribution < 1.29 is 29.0 Å². The fourth-order valence-corrected chi connectivity index (χ4v) is 6.41. The standard InChI is InChI=1S/C28H36N4O5S/c1-16-21(25(27(35)36)31-24(16)23(17(2)33)26(31)34)15-37-22-10-6-8-19-18(7-5-9-20(19)22)11-12-32(3,4)13-14-38-28(29)30/h5-10,16-17,23-24,33H,11-15H2,1-4H3,(H3-,29,30,35,36)/t16-,17+,23+,24+/m0/s1. The number of carboxylic acids is 1. The number of hydrogen-bond acceptors (Lipinski definition) is 7. The number of carbonyl (C=O) groups is 2.